The number of fused-ring (bicyclic) bond motifs is 3. The average Bonchev–Trinajstić information content (AvgIpc) is 2.86. The van der Waals surface area contributed by atoms with Gasteiger partial charge in [-0.2, -0.15) is 0 Å². The first kappa shape index (κ1) is 12.0. The Bertz CT molecular complexity index is 907. The maximum absolute atomic E-state index is 6.19. The molecule has 0 N–H and O–H groups in total. The quantitative estimate of drug-likeness (QED) is 0.383. The third-order valence-corrected chi connectivity index (χ3v) is 4.63. The lowest BCUT2D eigenvalue weighted by Gasteiger charge is -1.97. The van der Waals surface area contributed by atoms with Crippen LogP contribution in [0.15, 0.2) is 71.1 Å². The highest BCUT2D eigenvalue weighted by molar-refractivity contribution is 14.1. The van der Waals surface area contributed by atoms with Crippen molar-refractivity contribution < 1.29 is 4.42 Å². The lowest BCUT2D eigenvalue weighted by molar-refractivity contribution is 0.633. The Balaban J connectivity index is 2.10. The van der Waals surface area contributed by atoms with Crippen molar-refractivity contribution in [3.63, 3.8) is 0 Å². The van der Waals surface area contributed by atoms with Crippen LogP contribution in [-0.2, 0) is 0 Å². The van der Waals surface area contributed by atoms with E-state index in [0.717, 1.165) is 16.9 Å². The Morgan fingerprint density at radius 3 is 2.30 bits per heavy atom. The van der Waals surface area contributed by atoms with E-state index in [9.17, 15) is 0 Å². The van der Waals surface area contributed by atoms with Crippen molar-refractivity contribution in [2.24, 2.45) is 0 Å². The molecule has 20 heavy (non-hydrogen) atoms. The van der Waals surface area contributed by atoms with Crippen LogP contribution < -0.4 is 0 Å². The van der Waals surface area contributed by atoms with Gasteiger partial charge in [-0.05, 0) is 34.0 Å². The molecule has 0 radical (unpaired) electrons. The van der Waals surface area contributed by atoms with E-state index in [1.54, 1.807) is 0 Å². The highest BCUT2D eigenvalue weighted by Gasteiger charge is 2.15. The van der Waals surface area contributed by atoms with E-state index >= 15 is 0 Å². The molecule has 0 atom stereocenters. The fourth-order valence-corrected chi connectivity index (χ4v) is 3.42. The number of rotatable bonds is 1. The molecule has 1 aromatic heterocycles. The number of halogens is 1. The maximum Gasteiger partial charge on any atom is 0.148 e. The van der Waals surface area contributed by atoms with Crippen LogP contribution in [0.25, 0.3) is 33.1 Å². The molecule has 2 heteroatoms. The molecule has 0 aliphatic heterocycles. The molecule has 0 aliphatic carbocycles. The van der Waals surface area contributed by atoms with Crippen molar-refractivity contribution in [2.75, 3.05) is 0 Å². The zero-order valence-electron chi connectivity index (χ0n) is 10.6. The van der Waals surface area contributed by atoms with Gasteiger partial charge in [0.2, 0.25) is 0 Å². The minimum Gasteiger partial charge on any atom is -0.454 e. The van der Waals surface area contributed by atoms with Gasteiger partial charge in [0.05, 0.1) is 3.57 Å². The molecule has 4 aromatic rings. The Kier molecular flexibility index (Phi) is 2.77. The lowest BCUT2D eigenvalue weighted by atomic mass is 10.1. The summed E-state index contributed by atoms with van der Waals surface area (Å²) >= 11 is 2.38. The molecule has 0 fully saturated rings. The van der Waals surface area contributed by atoms with E-state index in [1.807, 2.05) is 18.2 Å². The van der Waals surface area contributed by atoms with Crippen LogP contribution in [-0.4, -0.2) is 0 Å². The fraction of sp³-hybridized carbons (Fsp3) is 0. The summed E-state index contributed by atoms with van der Waals surface area (Å²) in [6.07, 6.45) is 0. The van der Waals surface area contributed by atoms with Crippen LogP contribution in [0, 0.1) is 3.57 Å². The van der Waals surface area contributed by atoms with Crippen LogP contribution in [0.5, 0.6) is 0 Å². The van der Waals surface area contributed by atoms with E-state index in [2.05, 4.69) is 71.1 Å². The maximum atomic E-state index is 6.19. The topological polar surface area (TPSA) is 13.1 Å². The van der Waals surface area contributed by atoms with E-state index < -0.39 is 0 Å². The Hall–Kier alpha value is -1.81. The third kappa shape index (κ3) is 1.75. The number of benzene rings is 3. The van der Waals surface area contributed by atoms with Crippen molar-refractivity contribution in [1.29, 1.82) is 0 Å². The second kappa shape index (κ2) is 4.63. The first-order chi connectivity index (χ1) is 9.84. The van der Waals surface area contributed by atoms with Gasteiger partial charge in [-0.15, -0.1) is 0 Å². The molecule has 0 saturated heterocycles. The molecular formula is C18H11IO. The summed E-state index contributed by atoms with van der Waals surface area (Å²) in [4.78, 5) is 0. The molecule has 96 valence electrons. The monoisotopic (exact) mass is 370 g/mol. The highest BCUT2D eigenvalue weighted by atomic mass is 127. The average molecular weight is 370 g/mol. The van der Waals surface area contributed by atoms with Crippen LogP contribution in [0.2, 0.25) is 0 Å². The molecule has 0 amide bonds. The summed E-state index contributed by atoms with van der Waals surface area (Å²) in [6.45, 7) is 0. The normalized spacial score (nSPS) is 11.2. The van der Waals surface area contributed by atoms with E-state index in [4.69, 9.17) is 4.42 Å². The van der Waals surface area contributed by atoms with Crippen LogP contribution >= 0.6 is 22.6 Å². The summed E-state index contributed by atoms with van der Waals surface area (Å²) < 4.78 is 7.37. The second-order valence-corrected chi connectivity index (χ2v) is 5.85. The predicted octanol–water partition coefficient (Wildman–Crippen LogP) is 5.86. The molecule has 1 nitrogen and oxygen atoms in total. The highest BCUT2D eigenvalue weighted by Crippen LogP contribution is 2.37. The first-order valence-electron chi connectivity index (χ1n) is 6.50. The van der Waals surface area contributed by atoms with Gasteiger partial charge in [0.25, 0.3) is 0 Å². The van der Waals surface area contributed by atoms with Gasteiger partial charge in [-0.1, -0.05) is 60.7 Å². The van der Waals surface area contributed by atoms with Crippen molar-refractivity contribution in [1.82, 2.24) is 0 Å². The largest absolute Gasteiger partial charge is 0.454 e. The lowest BCUT2D eigenvalue weighted by Crippen LogP contribution is -1.75. The van der Waals surface area contributed by atoms with Gasteiger partial charge in [-0.3, -0.25) is 0 Å². The zero-order chi connectivity index (χ0) is 13.5. The van der Waals surface area contributed by atoms with Crippen molar-refractivity contribution in [3.8, 4) is 11.3 Å². The number of hydrogen-bond donors (Lipinski definition) is 0. The van der Waals surface area contributed by atoms with Crippen LogP contribution in [0.1, 0.15) is 0 Å². The zero-order valence-corrected chi connectivity index (χ0v) is 12.8. The SMILES string of the molecule is Ic1c(-c2ccccc2)oc2c1ccc1ccccc12. The van der Waals surface area contributed by atoms with Crippen molar-refractivity contribution in [2.45, 2.75) is 0 Å². The molecule has 0 saturated carbocycles. The Morgan fingerprint density at radius 2 is 1.45 bits per heavy atom. The molecular weight excluding hydrogens is 359 g/mol. The molecule has 1 heterocycles. The van der Waals surface area contributed by atoms with E-state index in [1.165, 1.54) is 19.7 Å². The number of hydrogen-bond acceptors (Lipinski definition) is 1. The molecule has 0 spiro atoms. The Labute approximate surface area is 130 Å². The summed E-state index contributed by atoms with van der Waals surface area (Å²) in [5.74, 6) is 0.956. The molecule has 4 rings (SSSR count). The van der Waals surface area contributed by atoms with Crippen LogP contribution in [0.4, 0.5) is 0 Å². The van der Waals surface area contributed by atoms with Gasteiger partial charge in [0.15, 0.2) is 0 Å². The Morgan fingerprint density at radius 1 is 0.700 bits per heavy atom. The summed E-state index contributed by atoms with van der Waals surface area (Å²) in [7, 11) is 0. The number of furan rings is 1. The molecule has 0 aliphatic rings. The molecule has 0 unspecified atom stereocenters. The van der Waals surface area contributed by atoms with Crippen molar-refractivity contribution >= 4 is 44.3 Å². The van der Waals surface area contributed by atoms with Gasteiger partial charge >= 0.3 is 0 Å². The predicted molar refractivity (Wildman–Crippen MR) is 91.9 cm³/mol. The standard InChI is InChI=1S/C18H11IO/c19-16-15-11-10-12-6-4-5-9-14(12)18(15)20-17(16)13-7-2-1-3-8-13/h1-11H. The molecule has 0 bridgehead atoms. The van der Waals surface area contributed by atoms with Gasteiger partial charge in [-0.25, -0.2) is 0 Å². The van der Waals surface area contributed by atoms with Gasteiger partial charge < -0.3 is 4.42 Å². The van der Waals surface area contributed by atoms with Crippen molar-refractivity contribution in [3.05, 3.63) is 70.3 Å². The van der Waals surface area contributed by atoms with E-state index in [0.29, 0.717) is 0 Å². The molecule has 3 aromatic carbocycles. The summed E-state index contributed by atoms with van der Waals surface area (Å²) in [5, 5.41) is 3.57. The summed E-state index contributed by atoms with van der Waals surface area (Å²) in [6, 6.07) is 22.9. The first-order valence-corrected chi connectivity index (χ1v) is 7.57. The fourth-order valence-electron chi connectivity index (χ4n) is 2.57. The minimum atomic E-state index is 0.956. The van der Waals surface area contributed by atoms with Crippen LogP contribution in [0.3, 0.4) is 0 Å². The van der Waals surface area contributed by atoms with Gasteiger partial charge in [0.1, 0.15) is 11.3 Å². The van der Waals surface area contributed by atoms with Gasteiger partial charge in [0, 0.05) is 16.3 Å². The minimum absolute atomic E-state index is 0.956. The smallest absolute Gasteiger partial charge is 0.148 e. The second-order valence-electron chi connectivity index (χ2n) is 4.77. The van der Waals surface area contributed by atoms with E-state index in [-0.39, 0.29) is 0 Å². The third-order valence-electron chi connectivity index (χ3n) is 3.56. The summed E-state index contributed by atoms with van der Waals surface area (Å²) in [5.41, 5.74) is 2.10.